The molecule has 0 aliphatic carbocycles. The Kier molecular flexibility index (Phi) is 6.08. The van der Waals surface area contributed by atoms with Gasteiger partial charge in [0.1, 0.15) is 0 Å². The predicted octanol–water partition coefficient (Wildman–Crippen LogP) is 1.56. The Morgan fingerprint density at radius 1 is 1.58 bits per heavy atom. The number of anilines is 2. The number of hydrogen-bond donors (Lipinski definition) is 3. The number of amides is 1. The van der Waals surface area contributed by atoms with Gasteiger partial charge in [-0.2, -0.15) is 0 Å². The normalized spacial score (nSPS) is 12.5. The molecular formula is C13H20ClN3O2. The van der Waals surface area contributed by atoms with Crippen LogP contribution in [0.15, 0.2) is 18.2 Å². The van der Waals surface area contributed by atoms with Gasteiger partial charge in [0.05, 0.1) is 23.4 Å². The molecule has 0 saturated carbocycles. The molecule has 1 aromatic carbocycles. The highest BCUT2D eigenvalue weighted by atomic mass is 35.5. The second kappa shape index (κ2) is 7.33. The van der Waals surface area contributed by atoms with Crippen LogP contribution in [0.1, 0.15) is 13.8 Å². The number of nitrogen functional groups attached to an aromatic ring is 1. The summed E-state index contributed by atoms with van der Waals surface area (Å²) in [4.78, 5) is 14.0. The van der Waals surface area contributed by atoms with Crippen LogP contribution in [0.3, 0.4) is 0 Å². The topological polar surface area (TPSA) is 78.6 Å². The van der Waals surface area contributed by atoms with E-state index >= 15 is 0 Å². The summed E-state index contributed by atoms with van der Waals surface area (Å²) in [5, 5.41) is 12.1. The first kappa shape index (κ1) is 15.8. The average Bonchev–Trinajstić information content (AvgIpc) is 2.38. The van der Waals surface area contributed by atoms with E-state index in [1.165, 1.54) is 0 Å². The minimum atomic E-state index is -0.342. The van der Waals surface area contributed by atoms with Gasteiger partial charge in [0, 0.05) is 12.2 Å². The van der Waals surface area contributed by atoms with Crippen molar-refractivity contribution in [2.45, 2.75) is 19.9 Å². The third kappa shape index (κ3) is 4.38. The maximum absolute atomic E-state index is 12.1. The molecule has 0 fully saturated rings. The molecule has 106 valence electrons. The number of likely N-dealkylation sites (N-methyl/N-ethyl adjacent to an activating group) is 1. The summed E-state index contributed by atoms with van der Waals surface area (Å²) in [6, 6.07) is 4.60. The zero-order valence-electron chi connectivity index (χ0n) is 11.2. The van der Waals surface area contributed by atoms with Gasteiger partial charge >= 0.3 is 0 Å². The molecular weight excluding hydrogens is 266 g/mol. The number of aliphatic hydroxyl groups is 1. The SMILES string of the molecule is CCN(CCO)C(C)C(=O)Nc1ccc(N)cc1Cl. The fraction of sp³-hybridized carbons (Fsp3) is 0.462. The van der Waals surface area contributed by atoms with Crippen molar-refractivity contribution in [3.05, 3.63) is 23.2 Å². The number of nitrogens with two attached hydrogens (primary N) is 1. The van der Waals surface area contributed by atoms with Crippen LogP contribution in [0.4, 0.5) is 11.4 Å². The van der Waals surface area contributed by atoms with Crippen LogP contribution in [0.2, 0.25) is 5.02 Å². The summed E-state index contributed by atoms with van der Waals surface area (Å²) < 4.78 is 0. The zero-order chi connectivity index (χ0) is 14.4. The number of carbonyl (C=O) groups is 1. The zero-order valence-corrected chi connectivity index (χ0v) is 11.9. The quantitative estimate of drug-likeness (QED) is 0.693. The number of halogens is 1. The van der Waals surface area contributed by atoms with Gasteiger partial charge in [0.25, 0.3) is 0 Å². The lowest BCUT2D eigenvalue weighted by atomic mass is 10.2. The predicted molar refractivity (Wildman–Crippen MR) is 78.3 cm³/mol. The van der Waals surface area contributed by atoms with Crippen molar-refractivity contribution in [3.63, 3.8) is 0 Å². The van der Waals surface area contributed by atoms with Crippen LogP contribution < -0.4 is 11.1 Å². The Balaban J connectivity index is 2.72. The van der Waals surface area contributed by atoms with Crippen molar-refractivity contribution in [2.75, 3.05) is 30.7 Å². The van der Waals surface area contributed by atoms with E-state index in [-0.39, 0.29) is 18.6 Å². The van der Waals surface area contributed by atoms with Crippen molar-refractivity contribution in [3.8, 4) is 0 Å². The van der Waals surface area contributed by atoms with Gasteiger partial charge in [-0.1, -0.05) is 18.5 Å². The molecule has 1 atom stereocenters. The molecule has 1 aromatic rings. The highest BCUT2D eigenvalue weighted by Crippen LogP contribution is 2.24. The Labute approximate surface area is 118 Å². The van der Waals surface area contributed by atoms with Gasteiger partial charge in [-0.15, -0.1) is 0 Å². The average molecular weight is 286 g/mol. The molecule has 0 spiro atoms. The minimum absolute atomic E-state index is 0.0219. The Morgan fingerprint density at radius 2 is 2.26 bits per heavy atom. The van der Waals surface area contributed by atoms with E-state index in [9.17, 15) is 4.79 Å². The minimum Gasteiger partial charge on any atom is -0.399 e. The number of aliphatic hydroxyl groups excluding tert-OH is 1. The summed E-state index contributed by atoms with van der Waals surface area (Å²) in [5.74, 6) is -0.165. The highest BCUT2D eigenvalue weighted by molar-refractivity contribution is 6.34. The largest absolute Gasteiger partial charge is 0.399 e. The highest BCUT2D eigenvalue weighted by Gasteiger charge is 2.20. The van der Waals surface area contributed by atoms with Crippen molar-refractivity contribution in [1.29, 1.82) is 0 Å². The number of rotatable bonds is 6. The first-order chi connectivity index (χ1) is 8.99. The lowest BCUT2D eigenvalue weighted by molar-refractivity contribution is -0.120. The van der Waals surface area contributed by atoms with E-state index in [2.05, 4.69) is 5.32 Å². The molecule has 5 nitrogen and oxygen atoms in total. The number of hydrogen-bond acceptors (Lipinski definition) is 4. The van der Waals surface area contributed by atoms with Gasteiger partial charge in [0.2, 0.25) is 5.91 Å². The summed E-state index contributed by atoms with van der Waals surface area (Å²) in [7, 11) is 0. The standard InChI is InChI=1S/C13H20ClN3O2/c1-3-17(6-7-18)9(2)13(19)16-12-5-4-10(15)8-11(12)14/h4-5,8-9,18H,3,6-7,15H2,1-2H3,(H,16,19). The van der Waals surface area contributed by atoms with Crippen molar-refractivity contribution < 1.29 is 9.90 Å². The summed E-state index contributed by atoms with van der Waals surface area (Å²) >= 11 is 6.00. The second-order valence-corrected chi connectivity index (χ2v) is 4.66. The molecule has 0 aliphatic rings. The lowest BCUT2D eigenvalue weighted by Crippen LogP contribution is -2.43. The monoisotopic (exact) mass is 285 g/mol. The number of nitrogens with zero attached hydrogens (tertiary/aromatic N) is 1. The maximum Gasteiger partial charge on any atom is 0.241 e. The number of carbonyl (C=O) groups excluding carboxylic acids is 1. The smallest absolute Gasteiger partial charge is 0.241 e. The van der Waals surface area contributed by atoms with Gasteiger partial charge < -0.3 is 16.2 Å². The van der Waals surface area contributed by atoms with E-state index in [1.54, 1.807) is 25.1 Å². The number of nitrogens with one attached hydrogen (secondary N) is 1. The molecule has 0 saturated heterocycles. The van der Waals surface area contributed by atoms with E-state index in [4.69, 9.17) is 22.4 Å². The van der Waals surface area contributed by atoms with Crippen LogP contribution in [0.5, 0.6) is 0 Å². The van der Waals surface area contributed by atoms with Crippen molar-refractivity contribution in [2.24, 2.45) is 0 Å². The molecule has 1 amide bonds. The Morgan fingerprint density at radius 3 is 2.79 bits per heavy atom. The first-order valence-electron chi connectivity index (χ1n) is 6.20. The maximum atomic E-state index is 12.1. The summed E-state index contributed by atoms with van der Waals surface area (Å²) in [6.07, 6.45) is 0. The van der Waals surface area contributed by atoms with Gasteiger partial charge in [-0.05, 0) is 31.7 Å². The van der Waals surface area contributed by atoms with E-state index in [1.807, 2.05) is 11.8 Å². The van der Waals surface area contributed by atoms with Crippen LogP contribution in [0.25, 0.3) is 0 Å². The van der Waals surface area contributed by atoms with Crippen LogP contribution >= 0.6 is 11.6 Å². The summed E-state index contributed by atoms with van der Waals surface area (Å²) in [5.41, 5.74) is 6.68. The molecule has 4 N–H and O–H groups in total. The molecule has 0 radical (unpaired) electrons. The van der Waals surface area contributed by atoms with Gasteiger partial charge in [0.15, 0.2) is 0 Å². The van der Waals surface area contributed by atoms with Crippen LogP contribution in [0, 0.1) is 0 Å². The Bertz CT molecular complexity index is 440. The van der Waals surface area contributed by atoms with Gasteiger partial charge in [-0.25, -0.2) is 0 Å². The number of benzene rings is 1. The third-order valence-electron chi connectivity index (χ3n) is 2.97. The molecule has 0 heterocycles. The van der Waals surface area contributed by atoms with Crippen molar-refractivity contribution >= 4 is 28.9 Å². The third-order valence-corrected chi connectivity index (χ3v) is 3.28. The van der Waals surface area contributed by atoms with Crippen LogP contribution in [-0.4, -0.2) is 41.7 Å². The molecule has 0 aromatic heterocycles. The van der Waals surface area contributed by atoms with E-state index in [0.717, 1.165) is 0 Å². The molecule has 1 rings (SSSR count). The van der Waals surface area contributed by atoms with E-state index in [0.29, 0.717) is 29.5 Å². The first-order valence-corrected chi connectivity index (χ1v) is 6.58. The molecule has 6 heteroatoms. The fourth-order valence-corrected chi connectivity index (χ4v) is 2.03. The Hall–Kier alpha value is -1.30. The van der Waals surface area contributed by atoms with Gasteiger partial charge in [-0.3, -0.25) is 9.69 Å². The molecule has 0 bridgehead atoms. The lowest BCUT2D eigenvalue weighted by Gasteiger charge is -2.26. The summed E-state index contributed by atoms with van der Waals surface area (Å²) in [6.45, 7) is 4.90. The van der Waals surface area contributed by atoms with Crippen molar-refractivity contribution in [1.82, 2.24) is 4.90 Å². The molecule has 0 aliphatic heterocycles. The molecule has 1 unspecified atom stereocenters. The second-order valence-electron chi connectivity index (χ2n) is 4.26. The van der Waals surface area contributed by atoms with E-state index < -0.39 is 0 Å². The van der Waals surface area contributed by atoms with Crippen LogP contribution in [-0.2, 0) is 4.79 Å². The fourth-order valence-electron chi connectivity index (χ4n) is 1.79. The molecule has 19 heavy (non-hydrogen) atoms.